The molecule has 4 aromatic carbocycles. The third-order valence-electron chi connectivity index (χ3n) is 9.59. The first kappa shape index (κ1) is 34.5. The summed E-state index contributed by atoms with van der Waals surface area (Å²) in [7, 11) is 0. The van der Waals surface area contributed by atoms with E-state index in [0.717, 1.165) is 69.2 Å². The summed E-state index contributed by atoms with van der Waals surface area (Å²) in [6, 6.07) is 24.3. The number of nitrogens with zero attached hydrogens (tertiary/aromatic N) is 2. The largest absolute Gasteiger partial charge is 0.508 e. The van der Waals surface area contributed by atoms with Gasteiger partial charge in [0.25, 0.3) is 0 Å². The SMILES string of the molecule is CC(C)(C)CC(C)(C)c1cc(N2NNc3ccccc32)cc(O)c1Cc1c(O)cc(N2NNc3ccccc32)cc1C(C)(C)CC(C)(C)C. The van der Waals surface area contributed by atoms with Gasteiger partial charge in [-0.25, -0.2) is 0 Å². The molecule has 8 heteroatoms. The minimum absolute atomic E-state index is 0.0448. The molecule has 0 aromatic heterocycles. The fourth-order valence-electron chi connectivity index (χ4n) is 8.45. The number of phenols is 2. The van der Waals surface area contributed by atoms with Gasteiger partial charge in [-0.2, -0.15) is 0 Å². The van der Waals surface area contributed by atoms with Gasteiger partial charge in [0.15, 0.2) is 0 Å². The van der Waals surface area contributed by atoms with Crippen LogP contribution >= 0.6 is 0 Å². The molecule has 0 bridgehead atoms. The van der Waals surface area contributed by atoms with E-state index in [-0.39, 0.29) is 33.2 Å². The first-order valence-electron chi connectivity index (χ1n) is 17.4. The standard InChI is InChI=1S/C41H54N6O2/c1-38(2,3)24-40(7,8)30-19-26(46-34-17-13-11-15-32(34)42-44-46)21-36(48)28(30)23-29-31(41(9,10)25-39(4,5)6)20-27(22-37(29)49)47-35-18-14-12-16-33(35)43-45-47/h11-22,42-45,48-49H,23-25H2,1-10H3. The molecule has 0 saturated heterocycles. The van der Waals surface area contributed by atoms with E-state index in [1.807, 2.05) is 58.5 Å². The second-order valence-corrected chi connectivity index (χ2v) is 17.6. The maximum absolute atomic E-state index is 12.0. The van der Waals surface area contributed by atoms with Gasteiger partial charge in [0.05, 0.1) is 34.1 Å². The van der Waals surface area contributed by atoms with Crippen LogP contribution < -0.4 is 31.9 Å². The Morgan fingerprint density at radius 3 is 1.27 bits per heavy atom. The number of benzene rings is 4. The molecule has 0 unspecified atom stereocenters. The lowest BCUT2D eigenvalue weighted by molar-refractivity contribution is 0.281. The highest BCUT2D eigenvalue weighted by molar-refractivity contribution is 5.81. The van der Waals surface area contributed by atoms with Gasteiger partial charge in [-0.3, -0.25) is 10.0 Å². The molecule has 260 valence electrons. The summed E-state index contributed by atoms with van der Waals surface area (Å²) in [5.74, 6) is 0.422. The Kier molecular flexibility index (Phi) is 8.57. The second kappa shape index (κ2) is 12.2. The minimum Gasteiger partial charge on any atom is -0.508 e. The molecule has 6 rings (SSSR count). The Balaban J connectivity index is 1.51. The molecule has 2 heterocycles. The third-order valence-corrected chi connectivity index (χ3v) is 9.59. The van der Waals surface area contributed by atoms with Gasteiger partial charge in [0.1, 0.15) is 11.5 Å². The highest BCUT2D eigenvalue weighted by atomic mass is 16.3. The molecule has 0 atom stereocenters. The van der Waals surface area contributed by atoms with E-state index in [9.17, 15) is 10.2 Å². The smallest absolute Gasteiger partial charge is 0.121 e. The number of phenolic OH excluding ortho intramolecular Hbond substituents is 2. The Bertz CT molecular complexity index is 1730. The molecule has 4 aromatic rings. The van der Waals surface area contributed by atoms with Crippen LogP contribution in [0.15, 0.2) is 72.8 Å². The second-order valence-electron chi connectivity index (χ2n) is 17.6. The van der Waals surface area contributed by atoms with Gasteiger partial charge >= 0.3 is 0 Å². The van der Waals surface area contributed by atoms with Crippen LogP contribution in [0.5, 0.6) is 11.5 Å². The van der Waals surface area contributed by atoms with Crippen molar-refractivity contribution in [3.8, 4) is 11.5 Å². The summed E-state index contributed by atoms with van der Waals surface area (Å²) in [4.78, 5) is 0. The zero-order valence-corrected chi connectivity index (χ0v) is 30.8. The predicted octanol–water partition coefficient (Wildman–Crippen LogP) is 10.1. The van der Waals surface area contributed by atoms with Crippen molar-refractivity contribution in [2.45, 2.75) is 99.3 Å². The summed E-state index contributed by atoms with van der Waals surface area (Å²) in [5.41, 5.74) is 22.0. The van der Waals surface area contributed by atoms with Crippen LogP contribution in [0.3, 0.4) is 0 Å². The average molecular weight is 663 g/mol. The third kappa shape index (κ3) is 7.03. The van der Waals surface area contributed by atoms with Crippen molar-refractivity contribution in [1.29, 1.82) is 0 Å². The van der Waals surface area contributed by atoms with E-state index in [0.29, 0.717) is 6.42 Å². The molecule has 0 saturated carbocycles. The topological polar surface area (TPSA) is 95.1 Å². The number of hydrazine groups is 4. The number of rotatable bonds is 8. The van der Waals surface area contributed by atoms with E-state index < -0.39 is 0 Å². The van der Waals surface area contributed by atoms with Crippen LogP contribution in [0, 0.1) is 10.8 Å². The van der Waals surface area contributed by atoms with Gasteiger partial charge in [-0.05, 0) is 82.0 Å². The van der Waals surface area contributed by atoms with Crippen molar-refractivity contribution in [3.05, 3.63) is 95.1 Å². The van der Waals surface area contributed by atoms with Crippen LogP contribution in [0.4, 0.5) is 34.1 Å². The Hall–Kier alpha value is -4.40. The molecule has 2 aliphatic heterocycles. The molecule has 2 aliphatic rings. The zero-order chi connectivity index (χ0) is 35.5. The summed E-state index contributed by atoms with van der Waals surface area (Å²) >= 11 is 0. The van der Waals surface area contributed by atoms with Crippen LogP contribution in [-0.4, -0.2) is 10.2 Å². The van der Waals surface area contributed by atoms with Crippen LogP contribution in [0.2, 0.25) is 0 Å². The summed E-state index contributed by atoms with van der Waals surface area (Å²) < 4.78 is 0. The van der Waals surface area contributed by atoms with Crippen molar-refractivity contribution in [3.63, 3.8) is 0 Å². The number of nitrogens with one attached hydrogen (secondary N) is 4. The van der Waals surface area contributed by atoms with E-state index in [2.05, 4.69) is 115 Å². The summed E-state index contributed by atoms with van der Waals surface area (Å²) in [6.45, 7) is 22.6. The van der Waals surface area contributed by atoms with Crippen molar-refractivity contribution < 1.29 is 10.2 Å². The maximum Gasteiger partial charge on any atom is 0.121 e. The lowest BCUT2D eigenvalue weighted by Gasteiger charge is -2.37. The van der Waals surface area contributed by atoms with Crippen LogP contribution in [0.1, 0.15) is 104 Å². The Morgan fingerprint density at radius 1 is 0.531 bits per heavy atom. The summed E-state index contributed by atoms with van der Waals surface area (Å²) in [5, 5.41) is 28.0. The quantitative estimate of drug-likeness (QED) is 0.111. The van der Waals surface area contributed by atoms with Gasteiger partial charge in [-0.15, -0.1) is 11.1 Å². The number of para-hydroxylation sites is 4. The maximum atomic E-state index is 12.0. The van der Waals surface area contributed by atoms with Crippen molar-refractivity contribution >= 4 is 34.1 Å². The summed E-state index contributed by atoms with van der Waals surface area (Å²) in [6.07, 6.45) is 2.19. The van der Waals surface area contributed by atoms with E-state index in [1.54, 1.807) is 0 Å². The van der Waals surface area contributed by atoms with Gasteiger partial charge in [-0.1, -0.05) is 93.5 Å². The Morgan fingerprint density at radius 2 is 0.898 bits per heavy atom. The molecule has 6 N–H and O–H groups in total. The predicted molar refractivity (Wildman–Crippen MR) is 204 cm³/mol. The number of fused-ring (bicyclic) bond motifs is 2. The molecule has 0 amide bonds. The number of hydrogen-bond donors (Lipinski definition) is 6. The highest BCUT2D eigenvalue weighted by Gasteiger charge is 2.36. The number of aromatic hydroxyl groups is 2. The van der Waals surface area contributed by atoms with E-state index in [4.69, 9.17) is 0 Å². The van der Waals surface area contributed by atoms with Gasteiger partial charge in [0.2, 0.25) is 0 Å². The van der Waals surface area contributed by atoms with Crippen molar-refractivity contribution in [1.82, 2.24) is 11.1 Å². The monoisotopic (exact) mass is 662 g/mol. The molecule has 49 heavy (non-hydrogen) atoms. The molecular formula is C41H54N6O2. The van der Waals surface area contributed by atoms with Crippen LogP contribution in [0.25, 0.3) is 0 Å². The van der Waals surface area contributed by atoms with E-state index in [1.165, 1.54) is 0 Å². The minimum atomic E-state index is -0.292. The fraction of sp³-hybridized carbons (Fsp3) is 0.415. The van der Waals surface area contributed by atoms with Crippen LogP contribution in [-0.2, 0) is 17.3 Å². The molecule has 8 nitrogen and oxygen atoms in total. The van der Waals surface area contributed by atoms with Gasteiger partial charge < -0.3 is 21.1 Å². The van der Waals surface area contributed by atoms with Crippen molar-refractivity contribution in [2.75, 3.05) is 20.9 Å². The fourth-order valence-corrected chi connectivity index (χ4v) is 8.45. The van der Waals surface area contributed by atoms with E-state index >= 15 is 0 Å². The molecular weight excluding hydrogens is 608 g/mol. The molecule has 0 aliphatic carbocycles. The first-order valence-corrected chi connectivity index (χ1v) is 17.4. The Labute approximate surface area is 292 Å². The normalized spacial score (nSPS) is 14.8. The first-order chi connectivity index (χ1) is 22.8. The lowest BCUT2D eigenvalue weighted by Crippen LogP contribution is -2.33. The zero-order valence-electron chi connectivity index (χ0n) is 30.8. The number of anilines is 6. The molecule has 0 fully saturated rings. The average Bonchev–Trinajstić information content (AvgIpc) is 3.61. The van der Waals surface area contributed by atoms with Gasteiger partial charge in [0, 0.05) is 29.7 Å². The molecule has 0 radical (unpaired) electrons. The molecule has 0 spiro atoms. The highest BCUT2D eigenvalue weighted by Crippen LogP contribution is 2.48. The van der Waals surface area contributed by atoms with Crippen molar-refractivity contribution in [2.24, 2.45) is 10.8 Å². The number of hydrogen-bond acceptors (Lipinski definition) is 8. The lowest BCUT2D eigenvalue weighted by atomic mass is 9.68.